The normalized spacial score (nSPS) is 14.1. The Bertz CT molecular complexity index is 1410. The number of carbonyl (C=O) groups excluding carboxylic acids is 2. The number of fused-ring (bicyclic) bond motifs is 3. The molecular formula is C26H28ClN4O5S+. The Labute approximate surface area is 223 Å². The number of H-pyrrole nitrogens is 1. The van der Waals surface area contributed by atoms with Crippen molar-refractivity contribution in [3.05, 3.63) is 57.3 Å². The SMILES string of the molecule is CCCC(=O)Oc1c(OC)cc(Cl)cc1[C@H]1N(C(=O)CCC)c2ccccc2-c2c(=O)[nH]c(SC)n[n+]21. The van der Waals surface area contributed by atoms with E-state index in [4.69, 9.17) is 21.1 Å². The van der Waals surface area contributed by atoms with Crippen LogP contribution in [0.25, 0.3) is 11.3 Å². The smallest absolute Gasteiger partial charge is 0.325 e. The van der Waals surface area contributed by atoms with E-state index in [1.54, 1.807) is 47.6 Å². The minimum Gasteiger partial charge on any atom is -0.493 e. The molecule has 0 saturated heterocycles. The first-order valence-electron chi connectivity index (χ1n) is 11.9. The molecule has 1 N–H and O–H groups in total. The van der Waals surface area contributed by atoms with Gasteiger partial charge in [-0.15, -0.1) is 0 Å². The number of benzene rings is 2. The van der Waals surface area contributed by atoms with Gasteiger partial charge in [0.25, 0.3) is 6.17 Å². The molecule has 0 radical (unpaired) electrons. The molecule has 11 heteroatoms. The molecule has 3 aromatic rings. The number of nitrogens with zero attached hydrogens (tertiary/aromatic N) is 3. The zero-order valence-electron chi connectivity index (χ0n) is 21.0. The van der Waals surface area contributed by atoms with Crippen LogP contribution in [0.3, 0.4) is 0 Å². The van der Waals surface area contributed by atoms with E-state index in [-0.39, 0.29) is 41.5 Å². The predicted octanol–water partition coefficient (Wildman–Crippen LogP) is 4.51. The van der Waals surface area contributed by atoms with E-state index in [2.05, 4.69) is 10.1 Å². The zero-order chi connectivity index (χ0) is 26.7. The first-order valence-corrected chi connectivity index (χ1v) is 13.5. The number of methoxy groups -OCH3 is 1. The van der Waals surface area contributed by atoms with E-state index in [0.29, 0.717) is 39.8 Å². The number of anilines is 1. The molecule has 0 unspecified atom stereocenters. The van der Waals surface area contributed by atoms with Crippen LogP contribution in [-0.2, 0) is 9.59 Å². The number of hydrogen-bond acceptors (Lipinski definition) is 7. The fourth-order valence-corrected chi connectivity index (χ4v) is 4.94. The fourth-order valence-electron chi connectivity index (χ4n) is 4.36. The highest BCUT2D eigenvalue weighted by molar-refractivity contribution is 7.98. The quantitative estimate of drug-likeness (QED) is 0.193. The predicted molar refractivity (Wildman–Crippen MR) is 141 cm³/mol. The highest BCUT2D eigenvalue weighted by atomic mass is 35.5. The minimum atomic E-state index is -0.978. The summed E-state index contributed by atoms with van der Waals surface area (Å²) in [4.78, 5) is 44.1. The summed E-state index contributed by atoms with van der Waals surface area (Å²) >= 11 is 7.76. The first-order chi connectivity index (χ1) is 17.8. The second kappa shape index (κ2) is 11.4. The molecule has 194 valence electrons. The lowest BCUT2D eigenvalue weighted by molar-refractivity contribution is -0.763. The van der Waals surface area contributed by atoms with Crippen molar-refractivity contribution in [1.82, 2.24) is 10.1 Å². The largest absolute Gasteiger partial charge is 0.493 e. The standard InChI is InChI=1S/C26H27ClN4O5S/c1-5-9-20(32)30-18-12-8-7-11-16(18)22-24(34)28-26(37-4)29-31(22)25(30)17-13-15(27)14-19(35-3)23(17)36-21(33)10-6-2/h7-8,11-14,25H,5-6,9-10H2,1-4H3/p+1/t25-/m0/s1. The van der Waals surface area contributed by atoms with Gasteiger partial charge in [0.05, 0.1) is 23.9 Å². The van der Waals surface area contributed by atoms with Gasteiger partial charge in [-0.3, -0.25) is 19.4 Å². The topological polar surface area (TPSA) is 105 Å². The maximum absolute atomic E-state index is 13.7. The van der Waals surface area contributed by atoms with Gasteiger partial charge < -0.3 is 9.47 Å². The molecule has 9 nitrogen and oxygen atoms in total. The van der Waals surface area contributed by atoms with Gasteiger partial charge in [-0.05, 0) is 42.0 Å². The van der Waals surface area contributed by atoms with Crippen molar-refractivity contribution in [2.45, 2.75) is 50.9 Å². The fraction of sp³-hybridized carbons (Fsp3) is 0.346. The molecule has 0 aliphatic carbocycles. The van der Waals surface area contributed by atoms with Crippen LogP contribution in [-0.4, -0.2) is 35.3 Å². The third-order valence-corrected chi connectivity index (χ3v) is 6.69. The highest BCUT2D eigenvalue weighted by Crippen LogP contribution is 2.44. The van der Waals surface area contributed by atoms with Gasteiger partial charge in [0.1, 0.15) is 0 Å². The van der Waals surface area contributed by atoms with Gasteiger partial charge in [-0.25, -0.2) is 4.90 Å². The Morgan fingerprint density at radius 2 is 1.92 bits per heavy atom. The Balaban J connectivity index is 2.10. The number of amides is 1. The molecule has 0 spiro atoms. The molecule has 0 saturated carbocycles. The molecule has 1 atom stereocenters. The number of hydrogen-bond donors (Lipinski definition) is 1. The summed E-state index contributed by atoms with van der Waals surface area (Å²) in [6, 6.07) is 10.3. The summed E-state index contributed by atoms with van der Waals surface area (Å²) in [5.74, 6) is -0.294. The van der Waals surface area contributed by atoms with Gasteiger partial charge in [-0.1, -0.05) is 49.3 Å². The summed E-state index contributed by atoms with van der Waals surface area (Å²) in [6.45, 7) is 3.79. The molecule has 0 bridgehead atoms. The number of halogens is 1. The molecule has 2 heterocycles. The van der Waals surface area contributed by atoms with Gasteiger partial charge in [0, 0.05) is 29.0 Å². The van der Waals surface area contributed by atoms with Crippen LogP contribution in [0.1, 0.15) is 51.3 Å². The van der Waals surface area contributed by atoms with Crippen molar-refractivity contribution in [3.8, 4) is 22.8 Å². The molecule has 2 aromatic carbocycles. The van der Waals surface area contributed by atoms with Crippen molar-refractivity contribution in [3.63, 3.8) is 0 Å². The number of thioether (sulfide) groups is 1. The summed E-state index contributed by atoms with van der Waals surface area (Å²) in [5, 5.41) is 5.36. The lowest BCUT2D eigenvalue weighted by Crippen LogP contribution is -2.61. The molecule has 4 rings (SSSR count). The lowest BCUT2D eigenvalue weighted by Gasteiger charge is -2.33. The van der Waals surface area contributed by atoms with Gasteiger partial charge in [0.2, 0.25) is 11.1 Å². The van der Waals surface area contributed by atoms with E-state index in [1.165, 1.54) is 23.6 Å². The van der Waals surface area contributed by atoms with Crippen molar-refractivity contribution in [2.24, 2.45) is 0 Å². The minimum absolute atomic E-state index is 0.121. The summed E-state index contributed by atoms with van der Waals surface area (Å²) in [7, 11) is 1.44. The maximum atomic E-state index is 13.7. The summed E-state index contributed by atoms with van der Waals surface area (Å²) in [5.41, 5.74) is 1.37. The van der Waals surface area contributed by atoms with E-state index in [0.717, 1.165) is 0 Å². The number of aromatic nitrogens is 3. The molecule has 0 fully saturated rings. The van der Waals surface area contributed by atoms with Crippen LogP contribution < -0.4 is 24.6 Å². The second-order valence-electron chi connectivity index (χ2n) is 8.41. The van der Waals surface area contributed by atoms with Crippen LogP contribution in [0, 0.1) is 0 Å². The number of ether oxygens (including phenoxy) is 2. The van der Waals surface area contributed by atoms with E-state index >= 15 is 0 Å². The van der Waals surface area contributed by atoms with Gasteiger partial charge in [-0.2, -0.15) is 0 Å². The Hall–Kier alpha value is -3.37. The van der Waals surface area contributed by atoms with Crippen LogP contribution >= 0.6 is 23.4 Å². The van der Waals surface area contributed by atoms with Crippen LogP contribution in [0.5, 0.6) is 11.5 Å². The van der Waals surface area contributed by atoms with Crippen LogP contribution in [0.15, 0.2) is 46.3 Å². The number of aromatic amines is 1. The van der Waals surface area contributed by atoms with Gasteiger partial charge >= 0.3 is 17.2 Å². The van der Waals surface area contributed by atoms with E-state index in [1.807, 2.05) is 13.8 Å². The average Bonchev–Trinajstić information content (AvgIpc) is 2.88. The average molecular weight is 544 g/mol. The number of para-hydroxylation sites is 1. The molecular weight excluding hydrogens is 516 g/mol. The molecule has 1 aliphatic rings. The van der Waals surface area contributed by atoms with Crippen molar-refractivity contribution >= 4 is 40.9 Å². The van der Waals surface area contributed by atoms with Crippen molar-refractivity contribution < 1.29 is 23.7 Å². The number of esters is 1. The van der Waals surface area contributed by atoms with Crippen molar-refractivity contribution in [2.75, 3.05) is 18.3 Å². The van der Waals surface area contributed by atoms with E-state index in [9.17, 15) is 14.4 Å². The number of nitrogens with one attached hydrogen (secondary N) is 1. The Morgan fingerprint density at radius 3 is 2.59 bits per heavy atom. The number of rotatable bonds is 8. The summed E-state index contributed by atoms with van der Waals surface area (Å²) in [6.07, 6.45) is 2.45. The van der Waals surface area contributed by atoms with E-state index < -0.39 is 12.1 Å². The highest BCUT2D eigenvalue weighted by Gasteiger charge is 2.47. The second-order valence-corrected chi connectivity index (χ2v) is 9.64. The van der Waals surface area contributed by atoms with Crippen LogP contribution in [0.2, 0.25) is 5.02 Å². The maximum Gasteiger partial charge on any atom is 0.325 e. The van der Waals surface area contributed by atoms with Crippen molar-refractivity contribution in [1.29, 1.82) is 0 Å². The number of carbonyl (C=O) groups is 2. The monoisotopic (exact) mass is 543 g/mol. The lowest BCUT2D eigenvalue weighted by atomic mass is 10.00. The van der Waals surface area contributed by atoms with Crippen LogP contribution in [0.4, 0.5) is 5.69 Å². The molecule has 1 amide bonds. The third-order valence-electron chi connectivity index (χ3n) is 5.90. The molecule has 1 aliphatic heterocycles. The zero-order valence-corrected chi connectivity index (χ0v) is 22.6. The summed E-state index contributed by atoms with van der Waals surface area (Å²) < 4.78 is 12.8. The Kier molecular flexibility index (Phi) is 8.19. The first kappa shape index (κ1) is 26.7. The molecule has 37 heavy (non-hydrogen) atoms. The van der Waals surface area contributed by atoms with Gasteiger partial charge in [0.15, 0.2) is 11.5 Å². The third kappa shape index (κ3) is 5.08. The molecule has 1 aromatic heterocycles. The Morgan fingerprint density at radius 1 is 1.19 bits per heavy atom.